The smallest absolute Gasteiger partial charge is 0.204 e. The van der Waals surface area contributed by atoms with Gasteiger partial charge < -0.3 is 19.7 Å². The van der Waals surface area contributed by atoms with Crippen molar-refractivity contribution in [1.82, 2.24) is 0 Å². The molecule has 5 nitrogen and oxygen atoms in total. The summed E-state index contributed by atoms with van der Waals surface area (Å²) < 4.78 is 10.5. The molecule has 3 unspecified atom stereocenters. The Kier molecular flexibility index (Phi) is 7.29. The number of hydrogen-bond acceptors (Lipinski definition) is 5. The van der Waals surface area contributed by atoms with E-state index in [0.29, 0.717) is 12.8 Å². The first-order valence-corrected chi connectivity index (χ1v) is 10.9. The van der Waals surface area contributed by atoms with E-state index in [2.05, 4.69) is 19.1 Å². The Labute approximate surface area is 190 Å². The number of benzene rings is 2. The van der Waals surface area contributed by atoms with Crippen molar-refractivity contribution in [2.45, 2.75) is 39.5 Å². The summed E-state index contributed by atoms with van der Waals surface area (Å²) in [5.74, 6) is -1.38. The molecule has 0 saturated carbocycles. The number of allylic oxidation sites excluding steroid dienone is 4. The number of phenols is 2. The van der Waals surface area contributed by atoms with Crippen molar-refractivity contribution in [1.29, 1.82) is 0 Å². The van der Waals surface area contributed by atoms with Gasteiger partial charge in [-0.2, -0.15) is 0 Å². The van der Waals surface area contributed by atoms with E-state index in [-0.39, 0.29) is 40.4 Å². The van der Waals surface area contributed by atoms with Gasteiger partial charge in [0.25, 0.3) is 0 Å². The van der Waals surface area contributed by atoms with E-state index in [9.17, 15) is 15.0 Å². The first-order valence-electron chi connectivity index (χ1n) is 10.9. The van der Waals surface area contributed by atoms with E-state index in [1.165, 1.54) is 25.9 Å². The third kappa shape index (κ3) is 4.52. The van der Waals surface area contributed by atoms with Crippen LogP contribution in [-0.4, -0.2) is 30.2 Å². The van der Waals surface area contributed by atoms with Gasteiger partial charge in [0.05, 0.1) is 14.2 Å². The molecule has 170 valence electrons. The lowest BCUT2D eigenvalue weighted by Crippen LogP contribution is -2.33. The minimum absolute atomic E-state index is 0.0360. The maximum Gasteiger partial charge on any atom is 0.204 e. The minimum atomic E-state index is -0.451. The molecule has 0 heterocycles. The number of ketones is 1. The molecule has 0 aromatic heterocycles. The molecule has 1 aliphatic carbocycles. The van der Waals surface area contributed by atoms with Crippen molar-refractivity contribution >= 4 is 5.78 Å². The van der Waals surface area contributed by atoms with Gasteiger partial charge in [-0.1, -0.05) is 53.6 Å². The average Bonchev–Trinajstić information content (AvgIpc) is 2.77. The number of carbonyl (C=O) groups excluding carboxylic acids is 1. The van der Waals surface area contributed by atoms with Crippen molar-refractivity contribution in [3.63, 3.8) is 0 Å². The highest BCUT2D eigenvalue weighted by molar-refractivity contribution is 6.04. The van der Waals surface area contributed by atoms with Crippen molar-refractivity contribution in [3.05, 3.63) is 70.8 Å². The van der Waals surface area contributed by atoms with Gasteiger partial charge in [0.15, 0.2) is 17.3 Å². The monoisotopic (exact) mass is 436 g/mol. The zero-order valence-corrected chi connectivity index (χ0v) is 19.4. The zero-order valence-electron chi connectivity index (χ0n) is 19.4. The standard InChI is InChI=1S/C27H32O5/c1-16(2)11-13-19-17(3)12-14-20(18-9-7-6-8-10-18)23(19)25(29)24-21(28)15-22(31-4)27(32-5)26(24)30/h6-12,15,19-20,23,28,30H,13-14H2,1-5H3. The van der Waals surface area contributed by atoms with Crippen molar-refractivity contribution in [3.8, 4) is 23.0 Å². The largest absolute Gasteiger partial charge is 0.507 e. The number of ether oxygens (including phenoxy) is 2. The second-order valence-electron chi connectivity index (χ2n) is 8.57. The summed E-state index contributed by atoms with van der Waals surface area (Å²) in [7, 11) is 2.80. The van der Waals surface area contributed by atoms with Crippen LogP contribution >= 0.6 is 0 Å². The summed E-state index contributed by atoms with van der Waals surface area (Å²) in [4.78, 5) is 14.0. The maximum atomic E-state index is 14.0. The zero-order chi connectivity index (χ0) is 23.4. The van der Waals surface area contributed by atoms with E-state index < -0.39 is 11.7 Å². The van der Waals surface area contributed by atoms with Gasteiger partial charge in [-0.3, -0.25) is 4.79 Å². The van der Waals surface area contributed by atoms with Crippen LogP contribution < -0.4 is 9.47 Å². The number of aromatic hydroxyl groups is 2. The van der Waals surface area contributed by atoms with Crippen LogP contribution in [0.2, 0.25) is 0 Å². The molecule has 0 saturated heterocycles. The number of methoxy groups -OCH3 is 2. The summed E-state index contributed by atoms with van der Waals surface area (Å²) in [6.45, 7) is 6.14. The van der Waals surface area contributed by atoms with Crippen molar-refractivity contribution in [2.24, 2.45) is 11.8 Å². The molecule has 0 fully saturated rings. The minimum Gasteiger partial charge on any atom is -0.507 e. The number of Topliss-reactive ketones (excluding diaryl/α,β-unsaturated/α-hetero) is 1. The highest BCUT2D eigenvalue weighted by Crippen LogP contribution is 2.50. The normalized spacial score (nSPS) is 20.3. The fraction of sp³-hybridized carbons (Fsp3) is 0.370. The van der Waals surface area contributed by atoms with Gasteiger partial charge in [0.1, 0.15) is 11.3 Å². The van der Waals surface area contributed by atoms with E-state index in [1.54, 1.807) is 0 Å². The summed E-state index contributed by atoms with van der Waals surface area (Å²) in [6, 6.07) is 11.3. The van der Waals surface area contributed by atoms with Gasteiger partial charge in [0.2, 0.25) is 5.75 Å². The lowest BCUT2D eigenvalue weighted by molar-refractivity contribution is 0.0843. The quantitative estimate of drug-likeness (QED) is 0.410. The van der Waals surface area contributed by atoms with Crippen LogP contribution in [0.1, 0.15) is 55.5 Å². The van der Waals surface area contributed by atoms with Gasteiger partial charge in [-0.15, -0.1) is 0 Å². The molecule has 32 heavy (non-hydrogen) atoms. The summed E-state index contributed by atoms with van der Waals surface area (Å²) >= 11 is 0. The Morgan fingerprint density at radius 1 is 1.12 bits per heavy atom. The molecule has 1 aliphatic rings. The first kappa shape index (κ1) is 23.5. The summed E-state index contributed by atoms with van der Waals surface area (Å²) in [5.41, 5.74) is 3.27. The molecule has 5 heteroatoms. The predicted octanol–water partition coefficient (Wildman–Crippen LogP) is 6.02. The van der Waals surface area contributed by atoms with Crippen molar-refractivity contribution in [2.75, 3.05) is 14.2 Å². The third-order valence-electron chi connectivity index (χ3n) is 6.33. The summed E-state index contributed by atoms with van der Waals surface area (Å²) in [5, 5.41) is 21.6. The number of phenolic OH excluding ortho intramolecular Hbond substituents is 2. The topological polar surface area (TPSA) is 76.0 Å². The molecule has 2 aromatic rings. The molecular formula is C27H32O5. The lowest BCUT2D eigenvalue weighted by Gasteiger charge is -2.37. The second kappa shape index (κ2) is 9.94. The molecule has 2 aromatic carbocycles. The average molecular weight is 437 g/mol. The first-order chi connectivity index (χ1) is 15.3. The van der Waals surface area contributed by atoms with E-state index in [1.807, 2.05) is 44.2 Å². The Balaban J connectivity index is 2.17. The Hall–Kier alpha value is -3.21. The summed E-state index contributed by atoms with van der Waals surface area (Å²) in [6.07, 6.45) is 5.77. The highest BCUT2D eigenvalue weighted by Gasteiger charge is 2.41. The lowest BCUT2D eigenvalue weighted by atomic mass is 9.65. The van der Waals surface area contributed by atoms with Crippen molar-refractivity contribution < 1.29 is 24.5 Å². The second-order valence-corrected chi connectivity index (χ2v) is 8.57. The fourth-order valence-corrected chi connectivity index (χ4v) is 4.65. The number of carbonyl (C=O) groups is 1. The van der Waals surface area contributed by atoms with Gasteiger partial charge >= 0.3 is 0 Å². The SMILES string of the molecule is COc1cc(O)c(C(=O)C2C(CC=C(C)C)C(C)=CCC2c2ccccc2)c(O)c1OC. The number of rotatable bonds is 7. The Bertz CT molecular complexity index is 1030. The van der Waals surface area contributed by atoms with Crippen LogP contribution in [0.5, 0.6) is 23.0 Å². The molecule has 0 bridgehead atoms. The van der Waals surface area contributed by atoms with Crippen LogP contribution in [0.4, 0.5) is 0 Å². The Morgan fingerprint density at radius 2 is 1.81 bits per heavy atom. The molecule has 0 amide bonds. The molecule has 0 aliphatic heterocycles. The Morgan fingerprint density at radius 3 is 2.41 bits per heavy atom. The van der Waals surface area contributed by atoms with Gasteiger partial charge in [-0.05, 0) is 51.0 Å². The van der Waals surface area contributed by atoms with Gasteiger partial charge in [0, 0.05) is 12.0 Å². The fourth-order valence-electron chi connectivity index (χ4n) is 4.65. The van der Waals surface area contributed by atoms with Crippen LogP contribution in [0.25, 0.3) is 0 Å². The number of hydrogen-bond donors (Lipinski definition) is 2. The van der Waals surface area contributed by atoms with E-state index in [4.69, 9.17) is 9.47 Å². The van der Waals surface area contributed by atoms with E-state index in [0.717, 1.165) is 11.1 Å². The molecule has 3 atom stereocenters. The predicted molar refractivity (Wildman–Crippen MR) is 126 cm³/mol. The molecule has 3 rings (SSSR count). The highest BCUT2D eigenvalue weighted by atomic mass is 16.5. The molecule has 0 radical (unpaired) electrons. The van der Waals surface area contributed by atoms with Crippen LogP contribution in [0.3, 0.4) is 0 Å². The third-order valence-corrected chi connectivity index (χ3v) is 6.33. The molecule has 0 spiro atoms. The maximum absolute atomic E-state index is 14.0. The van der Waals surface area contributed by atoms with Crippen LogP contribution in [0, 0.1) is 11.8 Å². The van der Waals surface area contributed by atoms with Crippen LogP contribution in [-0.2, 0) is 0 Å². The van der Waals surface area contributed by atoms with Crippen LogP contribution in [0.15, 0.2) is 59.7 Å². The molecular weight excluding hydrogens is 404 g/mol. The molecule has 2 N–H and O–H groups in total. The van der Waals surface area contributed by atoms with E-state index >= 15 is 0 Å². The van der Waals surface area contributed by atoms with Gasteiger partial charge in [-0.25, -0.2) is 0 Å².